The van der Waals surface area contributed by atoms with E-state index in [9.17, 15) is 0 Å². The van der Waals surface area contributed by atoms with Crippen LogP contribution in [-0.2, 0) is 19.6 Å². The van der Waals surface area contributed by atoms with Crippen LogP contribution in [-0.4, -0.2) is 39.7 Å². The summed E-state index contributed by atoms with van der Waals surface area (Å²) in [7, 11) is 0. The van der Waals surface area contributed by atoms with Gasteiger partial charge in [-0.25, -0.2) is 4.98 Å². The number of nitrogens with one attached hydrogen (secondary N) is 2. The van der Waals surface area contributed by atoms with Gasteiger partial charge in [0.25, 0.3) is 0 Å². The van der Waals surface area contributed by atoms with Gasteiger partial charge < -0.3 is 10.3 Å². The molecule has 3 aromatic rings. The predicted molar refractivity (Wildman–Crippen MR) is 136 cm³/mol. The third kappa shape index (κ3) is 5.21. The topological polar surface area (TPSA) is 56.3 Å². The van der Waals surface area contributed by atoms with E-state index in [4.69, 9.17) is 4.98 Å². The summed E-state index contributed by atoms with van der Waals surface area (Å²) in [5.41, 5.74) is 6.06. The van der Waals surface area contributed by atoms with E-state index in [0.717, 1.165) is 55.9 Å². The number of H-pyrrole nitrogens is 1. The van der Waals surface area contributed by atoms with Gasteiger partial charge >= 0.3 is 0 Å². The van der Waals surface area contributed by atoms with Crippen LogP contribution in [0.5, 0.6) is 0 Å². The van der Waals surface area contributed by atoms with Crippen molar-refractivity contribution in [3.8, 4) is 0 Å². The van der Waals surface area contributed by atoms with Crippen LogP contribution in [0.25, 0.3) is 11.0 Å². The fraction of sp³-hybridized carbons (Fsp3) is 0.286. The number of aromatic nitrogens is 2. The fourth-order valence-corrected chi connectivity index (χ4v) is 4.71. The number of nitrogens with zero attached hydrogens (tertiary/aromatic N) is 3. The Hall–Kier alpha value is -3.28. The van der Waals surface area contributed by atoms with Gasteiger partial charge in [-0.3, -0.25) is 9.89 Å². The Morgan fingerprint density at radius 2 is 1.91 bits per heavy atom. The lowest BCUT2D eigenvalue weighted by molar-refractivity contribution is 0.188. The zero-order valence-corrected chi connectivity index (χ0v) is 19.0. The molecule has 0 spiro atoms. The summed E-state index contributed by atoms with van der Waals surface area (Å²) in [6, 6.07) is 17.9. The molecule has 2 heterocycles. The molecule has 1 aliphatic carbocycles. The third-order valence-corrected chi connectivity index (χ3v) is 6.43. The lowest BCUT2D eigenvalue weighted by Gasteiger charge is -2.34. The minimum Gasteiger partial charge on any atom is -0.341 e. The zero-order valence-electron chi connectivity index (χ0n) is 19.0. The molecule has 0 amide bonds. The van der Waals surface area contributed by atoms with Crippen LogP contribution < -0.4 is 5.32 Å². The average Bonchev–Trinajstić information content (AvgIpc) is 3.27. The Morgan fingerprint density at radius 3 is 2.76 bits per heavy atom. The first-order chi connectivity index (χ1) is 16.3. The van der Waals surface area contributed by atoms with Crippen LogP contribution in [0.4, 0.5) is 0 Å². The van der Waals surface area contributed by atoms with Crippen molar-refractivity contribution in [2.75, 3.05) is 6.54 Å². The van der Waals surface area contributed by atoms with Crippen molar-refractivity contribution in [1.29, 1.82) is 0 Å². The largest absolute Gasteiger partial charge is 0.341 e. The number of benzene rings is 2. The van der Waals surface area contributed by atoms with Gasteiger partial charge in [-0.1, -0.05) is 54.6 Å². The van der Waals surface area contributed by atoms with Gasteiger partial charge in [0.1, 0.15) is 5.82 Å². The zero-order chi connectivity index (χ0) is 22.5. The highest BCUT2D eigenvalue weighted by Gasteiger charge is 2.26. The van der Waals surface area contributed by atoms with Crippen molar-refractivity contribution < 1.29 is 0 Å². The molecule has 0 bridgehead atoms. The van der Waals surface area contributed by atoms with E-state index in [2.05, 4.69) is 81.4 Å². The van der Waals surface area contributed by atoms with Crippen LogP contribution in [0.3, 0.4) is 0 Å². The van der Waals surface area contributed by atoms with E-state index in [1.54, 1.807) is 0 Å². The molecule has 5 nitrogen and oxygen atoms in total. The minimum atomic E-state index is 0.321. The molecular formula is C28H31N5. The van der Waals surface area contributed by atoms with Gasteiger partial charge in [0.05, 0.1) is 23.6 Å². The van der Waals surface area contributed by atoms with Gasteiger partial charge in [0.2, 0.25) is 0 Å². The highest BCUT2D eigenvalue weighted by Crippen LogP contribution is 2.29. The Balaban J connectivity index is 1.37. The summed E-state index contributed by atoms with van der Waals surface area (Å²) in [6.07, 6.45) is 12.7. The highest BCUT2D eigenvalue weighted by atomic mass is 15.2. The number of hydrogen-bond acceptors (Lipinski definition) is 4. The fourth-order valence-electron chi connectivity index (χ4n) is 4.71. The Morgan fingerprint density at radius 1 is 1.06 bits per heavy atom. The quantitative estimate of drug-likeness (QED) is 0.368. The van der Waals surface area contributed by atoms with E-state index in [-0.39, 0.29) is 0 Å². The van der Waals surface area contributed by atoms with Crippen LogP contribution in [0.1, 0.15) is 29.8 Å². The minimum absolute atomic E-state index is 0.321. The van der Waals surface area contributed by atoms with Crippen molar-refractivity contribution in [2.45, 2.75) is 44.6 Å². The molecule has 168 valence electrons. The smallest absolute Gasteiger partial charge is 0.121 e. The first-order valence-electron chi connectivity index (χ1n) is 11.8. The second kappa shape index (κ2) is 10.1. The van der Waals surface area contributed by atoms with Crippen LogP contribution >= 0.6 is 0 Å². The summed E-state index contributed by atoms with van der Waals surface area (Å²) in [4.78, 5) is 15.6. The number of dihydropyridines is 1. The number of rotatable bonds is 9. The molecule has 2 aliphatic rings. The molecule has 2 atom stereocenters. The number of fused-ring (bicyclic) bond motifs is 2. The molecule has 0 radical (unpaired) electrons. The van der Waals surface area contributed by atoms with Crippen molar-refractivity contribution >= 4 is 17.2 Å². The van der Waals surface area contributed by atoms with Crippen LogP contribution in [0.2, 0.25) is 0 Å². The first-order valence-corrected chi connectivity index (χ1v) is 11.8. The van der Waals surface area contributed by atoms with E-state index >= 15 is 0 Å². The van der Waals surface area contributed by atoms with Gasteiger partial charge in [0, 0.05) is 31.9 Å². The van der Waals surface area contributed by atoms with E-state index < -0.39 is 0 Å². The molecule has 2 aromatic carbocycles. The Labute approximate surface area is 195 Å². The maximum Gasteiger partial charge on any atom is 0.121 e. The molecule has 5 heteroatoms. The lowest BCUT2D eigenvalue weighted by Crippen LogP contribution is -2.37. The predicted octanol–water partition coefficient (Wildman–Crippen LogP) is 4.94. The number of para-hydroxylation sites is 2. The van der Waals surface area contributed by atoms with Gasteiger partial charge in [-0.05, 0) is 47.8 Å². The molecule has 33 heavy (non-hydrogen) atoms. The van der Waals surface area contributed by atoms with Gasteiger partial charge in [0.15, 0.2) is 0 Å². The number of aromatic amines is 1. The van der Waals surface area contributed by atoms with Crippen molar-refractivity contribution in [3.05, 3.63) is 102 Å². The molecule has 0 saturated heterocycles. The lowest BCUT2D eigenvalue weighted by atomic mass is 9.89. The highest BCUT2D eigenvalue weighted by molar-refractivity contribution is 5.75. The molecule has 1 aromatic heterocycles. The van der Waals surface area contributed by atoms with E-state index in [0.29, 0.717) is 12.1 Å². The summed E-state index contributed by atoms with van der Waals surface area (Å²) in [6.45, 7) is 7.11. The molecule has 2 unspecified atom stereocenters. The van der Waals surface area contributed by atoms with Crippen molar-refractivity contribution in [1.82, 2.24) is 20.2 Å². The average molecular weight is 438 g/mol. The molecule has 1 aliphatic heterocycles. The third-order valence-electron chi connectivity index (χ3n) is 6.43. The van der Waals surface area contributed by atoms with Crippen LogP contribution in [0, 0.1) is 0 Å². The second-order valence-electron chi connectivity index (χ2n) is 8.83. The van der Waals surface area contributed by atoms with Crippen LogP contribution in [0.15, 0.2) is 90.0 Å². The van der Waals surface area contributed by atoms with Gasteiger partial charge in [-0.2, -0.15) is 0 Å². The number of aliphatic imine (C=N–C) groups is 1. The molecule has 2 N–H and O–H groups in total. The molecule has 5 rings (SSSR count). The SMILES string of the molecule is C=CCNCc1ccc(CN(Cc2nc3ccccc3[nH]2)C2C=C3C=CC=NC3CC2)cc1. The first kappa shape index (κ1) is 21.6. The summed E-state index contributed by atoms with van der Waals surface area (Å²) < 4.78 is 0. The van der Waals surface area contributed by atoms with E-state index in [1.807, 2.05) is 24.4 Å². The standard InChI is InChI=1S/C28H31N5/c1-2-15-29-18-21-9-11-22(12-10-21)19-33(20-28-31-26-7-3-4-8-27(26)32-28)24-13-14-25-23(17-24)6-5-16-30-25/h2-12,16-17,24-25,29H,1,13-15,18-20H2,(H,31,32). The maximum atomic E-state index is 4.85. The van der Waals surface area contributed by atoms with E-state index in [1.165, 1.54) is 16.7 Å². The monoisotopic (exact) mass is 437 g/mol. The number of imidazole rings is 1. The number of allylic oxidation sites excluding steroid dienone is 1. The normalized spacial score (nSPS) is 19.6. The molecule has 0 fully saturated rings. The Kier molecular flexibility index (Phi) is 6.61. The van der Waals surface area contributed by atoms with Gasteiger partial charge in [-0.15, -0.1) is 6.58 Å². The molecular weight excluding hydrogens is 406 g/mol. The van der Waals surface area contributed by atoms with Crippen molar-refractivity contribution in [3.63, 3.8) is 0 Å². The maximum absolute atomic E-state index is 4.85. The summed E-state index contributed by atoms with van der Waals surface area (Å²) in [5, 5.41) is 3.37. The molecule has 0 saturated carbocycles. The Bertz CT molecular complexity index is 1150. The summed E-state index contributed by atoms with van der Waals surface area (Å²) in [5.74, 6) is 1.01. The number of hydrogen-bond donors (Lipinski definition) is 2. The second-order valence-corrected chi connectivity index (χ2v) is 8.83. The van der Waals surface area contributed by atoms with Crippen molar-refractivity contribution in [2.24, 2.45) is 4.99 Å². The summed E-state index contributed by atoms with van der Waals surface area (Å²) >= 11 is 0.